The highest BCUT2D eigenvalue weighted by molar-refractivity contribution is 7.90. The van der Waals surface area contributed by atoms with Gasteiger partial charge in [0.2, 0.25) is 0 Å². The van der Waals surface area contributed by atoms with Crippen LogP contribution in [0.3, 0.4) is 0 Å². The van der Waals surface area contributed by atoms with Gasteiger partial charge in [-0.05, 0) is 47.9 Å². The molecular weight excluding hydrogens is 342 g/mol. The van der Waals surface area contributed by atoms with E-state index >= 15 is 0 Å². The van der Waals surface area contributed by atoms with Gasteiger partial charge < -0.3 is 0 Å². The Morgan fingerprint density at radius 1 is 1.09 bits per heavy atom. The van der Waals surface area contributed by atoms with Crippen molar-refractivity contribution in [2.75, 3.05) is 0 Å². The summed E-state index contributed by atoms with van der Waals surface area (Å²) in [5, 5.41) is 0.919. The summed E-state index contributed by atoms with van der Waals surface area (Å²) < 4.78 is 28.8. The van der Waals surface area contributed by atoms with E-state index < -0.39 is 9.84 Å². The molecule has 1 aromatic carbocycles. The molecule has 0 atom stereocenters. The molecule has 2 heterocycles. The summed E-state index contributed by atoms with van der Waals surface area (Å²) in [7, 11) is -3.47. The zero-order valence-corrected chi connectivity index (χ0v) is 13.6. The quantitative estimate of drug-likeness (QED) is 0.721. The summed E-state index contributed by atoms with van der Waals surface area (Å²) in [5.41, 5.74) is 0.619. The molecule has 0 N–H and O–H groups in total. The Kier molecular flexibility index (Phi) is 4.19. The lowest BCUT2D eigenvalue weighted by molar-refractivity contribution is 0.595. The third kappa shape index (κ3) is 3.32. The van der Waals surface area contributed by atoms with Crippen molar-refractivity contribution in [1.29, 1.82) is 0 Å². The molecule has 0 fully saturated rings. The Balaban J connectivity index is 1.84. The van der Waals surface area contributed by atoms with Crippen LogP contribution in [0.25, 0.3) is 11.5 Å². The molecule has 0 aliphatic rings. The molecule has 22 heavy (non-hydrogen) atoms. The van der Waals surface area contributed by atoms with Gasteiger partial charge in [0, 0.05) is 11.2 Å². The van der Waals surface area contributed by atoms with E-state index in [1.807, 2.05) is 6.07 Å². The van der Waals surface area contributed by atoms with Crippen LogP contribution in [0.1, 0.15) is 5.01 Å². The molecule has 0 aliphatic heterocycles. The molecule has 0 aliphatic carbocycles. The average molecular weight is 352 g/mol. The van der Waals surface area contributed by atoms with Crippen molar-refractivity contribution in [1.82, 2.24) is 14.3 Å². The maximum Gasteiger partial charge on any atom is 0.191 e. The highest BCUT2D eigenvalue weighted by atomic mass is 35.5. The maximum atomic E-state index is 12.3. The second-order valence-corrected chi connectivity index (χ2v) is 7.70. The van der Waals surface area contributed by atoms with Gasteiger partial charge in [-0.25, -0.2) is 13.4 Å². The van der Waals surface area contributed by atoms with Gasteiger partial charge in [0.15, 0.2) is 15.7 Å². The fraction of sp³-hybridized carbons (Fsp3) is 0.0714. The predicted octanol–water partition coefficient (Wildman–Crippen LogP) is 3.23. The van der Waals surface area contributed by atoms with Crippen molar-refractivity contribution in [2.24, 2.45) is 0 Å². The van der Waals surface area contributed by atoms with Crippen molar-refractivity contribution in [3.05, 3.63) is 58.7 Å². The molecular formula is C14H10ClN3O2S2. The first-order valence-electron chi connectivity index (χ1n) is 6.27. The number of nitrogens with zero attached hydrogens (tertiary/aromatic N) is 3. The van der Waals surface area contributed by atoms with Crippen molar-refractivity contribution >= 4 is 33.0 Å². The molecule has 0 saturated heterocycles. The summed E-state index contributed by atoms with van der Waals surface area (Å²) in [6, 6.07) is 11.5. The van der Waals surface area contributed by atoms with Crippen LogP contribution in [0.15, 0.2) is 53.6 Å². The molecule has 0 radical (unpaired) electrons. The van der Waals surface area contributed by atoms with Crippen LogP contribution in [0.2, 0.25) is 5.02 Å². The number of aromatic nitrogens is 3. The van der Waals surface area contributed by atoms with E-state index in [0.717, 1.165) is 11.5 Å². The van der Waals surface area contributed by atoms with E-state index in [4.69, 9.17) is 11.6 Å². The highest BCUT2D eigenvalue weighted by Crippen LogP contribution is 2.22. The van der Waals surface area contributed by atoms with Crippen LogP contribution < -0.4 is 0 Å². The molecule has 3 rings (SSSR count). The first kappa shape index (κ1) is 15.1. The molecule has 0 amide bonds. The Bertz CT molecular complexity index is 878. The smallest absolute Gasteiger partial charge is 0.191 e. The molecule has 2 aromatic heterocycles. The summed E-state index contributed by atoms with van der Waals surface area (Å²) in [4.78, 5) is 8.61. The first-order chi connectivity index (χ1) is 10.5. The standard InChI is InChI=1S/C14H10ClN3O2S2/c15-10-4-6-11(7-5-10)22(19,20)9-13-17-14(18-21-13)12-3-1-2-8-16-12/h1-8H,9H2. The van der Waals surface area contributed by atoms with Gasteiger partial charge in [-0.3, -0.25) is 4.98 Å². The summed E-state index contributed by atoms with van der Waals surface area (Å²) in [5.74, 6) is 0.242. The van der Waals surface area contributed by atoms with Crippen LogP contribution in [-0.2, 0) is 15.6 Å². The van der Waals surface area contributed by atoms with Crippen LogP contribution in [0.5, 0.6) is 0 Å². The van der Waals surface area contributed by atoms with Crippen molar-refractivity contribution in [3.8, 4) is 11.5 Å². The molecule has 5 nitrogen and oxygen atoms in total. The highest BCUT2D eigenvalue weighted by Gasteiger charge is 2.18. The normalized spacial score (nSPS) is 11.5. The van der Waals surface area contributed by atoms with Gasteiger partial charge in [0.1, 0.15) is 16.5 Å². The van der Waals surface area contributed by atoms with Gasteiger partial charge in [0.25, 0.3) is 0 Å². The van der Waals surface area contributed by atoms with E-state index in [1.54, 1.807) is 30.5 Å². The SMILES string of the molecule is O=S(=O)(Cc1nc(-c2ccccn2)ns1)c1ccc(Cl)cc1. The lowest BCUT2D eigenvalue weighted by Crippen LogP contribution is -2.04. The van der Waals surface area contributed by atoms with E-state index in [2.05, 4.69) is 14.3 Å². The van der Waals surface area contributed by atoms with Crippen molar-refractivity contribution in [2.45, 2.75) is 10.6 Å². The number of rotatable bonds is 4. The van der Waals surface area contributed by atoms with Crippen LogP contribution in [-0.4, -0.2) is 22.8 Å². The fourth-order valence-electron chi connectivity index (χ4n) is 1.80. The van der Waals surface area contributed by atoms with E-state index in [9.17, 15) is 8.42 Å². The Morgan fingerprint density at radius 3 is 2.55 bits per heavy atom. The summed E-state index contributed by atoms with van der Waals surface area (Å²) in [6.45, 7) is 0. The largest absolute Gasteiger partial charge is 0.253 e. The summed E-state index contributed by atoms with van der Waals surface area (Å²) in [6.07, 6.45) is 1.64. The van der Waals surface area contributed by atoms with E-state index in [1.165, 1.54) is 12.1 Å². The Hall–Kier alpha value is -1.83. The Labute approximate surface area is 136 Å². The number of pyridine rings is 1. The minimum Gasteiger partial charge on any atom is -0.253 e. The van der Waals surface area contributed by atoms with E-state index in [-0.39, 0.29) is 10.6 Å². The molecule has 0 bridgehead atoms. The zero-order valence-electron chi connectivity index (χ0n) is 11.2. The van der Waals surface area contributed by atoms with Gasteiger partial charge >= 0.3 is 0 Å². The molecule has 0 saturated carbocycles. The number of benzene rings is 1. The number of halogens is 1. The Morgan fingerprint density at radius 2 is 1.86 bits per heavy atom. The zero-order chi connectivity index (χ0) is 15.6. The number of sulfone groups is 1. The van der Waals surface area contributed by atoms with Crippen molar-refractivity contribution < 1.29 is 8.42 Å². The fourth-order valence-corrected chi connectivity index (χ4v) is 4.16. The molecule has 3 aromatic rings. The predicted molar refractivity (Wildman–Crippen MR) is 85.5 cm³/mol. The summed E-state index contributed by atoms with van der Waals surface area (Å²) >= 11 is 6.83. The maximum absolute atomic E-state index is 12.3. The lowest BCUT2D eigenvalue weighted by atomic mass is 10.3. The lowest BCUT2D eigenvalue weighted by Gasteiger charge is -2.01. The van der Waals surface area contributed by atoms with Crippen LogP contribution in [0.4, 0.5) is 0 Å². The monoisotopic (exact) mass is 351 g/mol. The third-order valence-electron chi connectivity index (χ3n) is 2.85. The average Bonchev–Trinajstić information content (AvgIpc) is 2.96. The second kappa shape index (κ2) is 6.12. The molecule has 0 spiro atoms. The van der Waals surface area contributed by atoms with Gasteiger partial charge in [-0.15, -0.1) is 0 Å². The number of hydrogen-bond donors (Lipinski definition) is 0. The molecule has 8 heteroatoms. The minimum absolute atomic E-state index is 0.195. The second-order valence-electron chi connectivity index (χ2n) is 4.44. The van der Waals surface area contributed by atoms with Crippen molar-refractivity contribution in [3.63, 3.8) is 0 Å². The molecule has 0 unspecified atom stereocenters. The molecule has 112 valence electrons. The van der Waals surface area contributed by atoms with Gasteiger partial charge in [-0.1, -0.05) is 17.7 Å². The van der Waals surface area contributed by atoms with Crippen LogP contribution >= 0.6 is 23.1 Å². The van der Waals surface area contributed by atoms with Gasteiger partial charge in [-0.2, -0.15) is 4.37 Å². The third-order valence-corrected chi connectivity index (χ3v) is 5.64. The first-order valence-corrected chi connectivity index (χ1v) is 9.07. The number of hydrogen-bond acceptors (Lipinski definition) is 6. The van der Waals surface area contributed by atoms with Crippen LogP contribution in [0, 0.1) is 0 Å². The van der Waals surface area contributed by atoms with E-state index in [0.29, 0.717) is 21.5 Å². The minimum atomic E-state index is -3.47. The van der Waals surface area contributed by atoms with Gasteiger partial charge in [0.05, 0.1) is 4.90 Å². The topological polar surface area (TPSA) is 72.8 Å².